The second-order valence-electron chi connectivity index (χ2n) is 6.20. The molecular formula is C20H26N2O3. The number of methoxy groups -OCH3 is 1. The van der Waals surface area contributed by atoms with Gasteiger partial charge in [0.05, 0.1) is 20.3 Å². The molecule has 0 amide bonds. The van der Waals surface area contributed by atoms with Crippen LogP contribution in [0.25, 0.3) is 10.9 Å². The maximum atomic E-state index is 6.23. The fraction of sp³-hybridized carbons (Fsp3) is 0.450. The first-order valence-electron chi connectivity index (χ1n) is 8.81. The van der Waals surface area contributed by atoms with Gasteiger partial charge in [0.25, 0.3) is 0 Å². The standard InChI is InChI=1S/C20H26N2O3/c1-3-4-7-17(15-22-11-13-24-14-12-22)25-19-10-9-16-6-5-8-18(23-2)20(16)21-19/h3,5-6,8-10,17H,1,4,7,11-15H2,2H3/t17-/m1/s1. The van der Waals surface area contributed by atoms with Crippen LogP contribution in [0.3, 0.4) is 0 Å². The highest BCUT2D eigenvalue weighted by atomic mass is 16.5. The Kier molecular flexibility index (Phi) is 6.25. The van der Waals surface area contributed by atoms with E-state index in [1.807, 2.05) is 36.4 Å². The molecule has 0 bridgehead atoms. The molecule has 2 heterocycles. The number of morpholine rings is 1. The number of nitrogens with zero attached hydrogens (tertiary/aromatic N) is 2. The van der Waals surface area contributed by atoms with Gasteiger partial charge in [0.1, 0.15) is 17.4 Å². The van der Waals surface area contributed by atoms with Gasteiger partial charge in [-0.05, 0) is 25.0 Å². The first kappa shape index (κ1) is 17.7. The fourth-order valence-electron chi connectivity index (χ4n) is 3.07. The maximum absolute atomic E-state index is 6.23. The Morgan fingerprint density at radius 3 is 2.88 bits per heavy atom. The van der Waals surface area contributed by atoms with Crippen molar-refractivity contribution in [1.82, 2.24) is 9.88 Å². The number of pyridine rings is 1. The Balaban J connectivity index is 1.75. The minimum Gasteiger partial charge on any atom is -0.494 e. The van der Waals surface area contributed by atoms with Crippen molar-refractivity contribution in [3.8, 4) is 11.6 Å². The molecule has 5 nitrogen and oxygen atoms in total. The largest absolute Gasteiger partial charge is 0.494 e. The summed E-state index contributed by atoms with van der Waals surface area (Å²) in [5, 5.41) is 1.04. The van der Waals surface area contributed by atoms with E-state index in [0.29, 0.717) is 5.88 Å². The van der Waals surface area contributed by atoms with E-state index in [2.05, 4.69) is 16.5 Å². The average molecular weight is 342 g/mol. The second-order valence-corrected chi connectivity index (χ2v) is 6.20. The van der Waals surface area contributed by atoms with Gasteiger partial charge in [0, 0.05) is 31.1 Å². The third-order valence-electron chi connectivity index (χ3n) is 4.42. The van der Waals surface area contributed by atoms with Crippen LogP contribution < -0.4 is 9.47 Å². The van der Waals surface area contributed by atoms with Gasteiger partial charge in [-0.25, -0.2) is 4.98 Å². The summed E-state index contributed by atoms with van der Waals surface area (Å²) in [6.07, 6.45) is 3.86. The Bertz CT molecular complexity index is 698. The zero-order chi connectivity index (χ0) is 17.5. The van der Waals surface area contributed by atoms with Crippen molar-refractivity contribution in [1.29, 1.82) is 0 Å². The molecule has 0 saturated carbocycles. The molecule has 25 heavy (non-hydrogen) atoms. The summed E-state index contributed by atoms with van der Waals surface area (Å²) in [5.74, 6) is 1.40. The molecular weight excluding hydrogens is 316 g/mol. The van der Waals surface area contributed by atoms with Crippen LogP contribution in [0.15, 0.2) is 43.0 Å². The van der Waals surface area contributed by atoms with Crippen LogP contribution in [0.5, 0.6) is 11.6 Å². The molecule has 3 rings (SSSR count). The molecule has 134 valence electrons. The normalized spacial score (nSPS) is 16.5. The quantitative estimate of drug-likeness (QED) is 0.689. The van der Waals surface area contributed by atoms with Crippen molar-refractivity contribution < 1.29 is 14.2 Å². The molecule has 2 aromatic rings. The number of fused-ring (bicyclic) bond motifs is 1. The Hall–Kier alpha value is -2.11. The number of allylic oxidation sites excluding steroid dienone is 1. The molecule has 1 aromatic heterocycles. The monoisotopic (exact) mass is 342 g/mol. The van der Waals surface area contributed by atoms with Crippen LogP contribution in [-0.2, 0) is 4.74 Å². The van der Waals surface area contributed by atoms with Gasteiger partial charge < -0.3 is 14.2 Å². The molecule has 5 heteroatoms. The van der Waals surface area contributed by atoms with Gasteiger partial charge >= 0.3 is 0 Å². The first-order chi connectivity index (χ1) is 12.3. The molecule has 0 spiro atoms. The molecule has 1 aliphatic heterocycles. The lowest BCUT2D eigenvalue weighted by Gasteiger charge is -2.30. The molecule has 0 N–H and O–H groups in total. The number of para-hydroxylation sites is 1. The van der Waals surface area contributed by atoms with Crippen molar-refractivity contribution in [3.05, 3.63) is 43.0 Å². The number of ether oxygens (including phenoxy) is 3. The molecule has 1 atom stereocenters. The average Bonchev–Trinajstić information content (AvgIpc) is 2.66. The third-order valence-corrected chi connectivity index (χ3v) is 4.42. The van der Waals surface area contributed by atoms with Crippen LogP contribution in [0.1, 0.15) is 12.8 Å². The van der Waals surface area contributed by atoms with Crippen LogP contribution in [0.2, 0.25) is 0 Å². The van der Waals surface area contributed by atoms with Crippen LogP contribution in [0.4, 0.5) is 0 Å². The van der Waals surface area contributed by atoms with E-state index in [-0.39, 0.29) is 6.10 Å². The highest BCUT2D eigenvalue weighted by Gasteiger charge is 2.18. The van der Waals surface area contributed by atoms with E-state index < -0.39 is 0 Å². The Labute approximate surface area is 149 Å². The molecule has 1 aliphatic rings. The zero-order valence-corrected chi connectivity index (χ0v) is 14.8. The molecule has 1 fully saturated rings. The highest BCUT2D eigenvalue weighted by molar-refractivity contribution is 5.84. The van der Waals surface area contributed by atoms with Gasteiger partial charge in [-0.3, -0.25) is 4.90 Å². The first-order valence-corrected chi connectivity index (χ1v) is 8.81. The molecule has 0 aliphatic carbocycles. The van der Waals surface area contributed by atoms with Gasteiger partial charge in [-0.1, -0.05) is 18.2 Å². The summed E-state index contributed by atoms with van der Waals surface area (Å²) in [6, 6.07) is 9.87. The number of hydrogen-bond donors (Lipinski definition) is 0. The van der Waals surface area contributed by atoms with Crippen molar-refractivity contribution in [2.24, 2.45) is 0 Å². The Morgan fingerprint density at radius 2 is 2.12 bits per heavy atom. The number of hydrogen-bond acceptors (Lipinski definition) is 5. The second kappa shape index (κ2) is 8.83. The van der Waals surface area contributed by atoms with Crippen molar-refractivity contribution >= 4 is 10.9 Å². The van der Waals surface area contributed by atoms with Crippen LogP contribution >= 0.6 is 0 Å². The van der Waals surface area contributed by atoms with Gasteiger partial charge in [-0.15, -0.1) is 6.58 Å². The van der Waals surface area contributed by atoms with E-state index in [1.54, 1.807) is 7.11 Å². The SMILES string of the molecule is C=CCC[C@H](CN1CCOCC1)Oc1ccc2cccc(OC)c2n1. The predicted octanol–water partition coefficient (Wildman–Crippen LogP) is 3.29. The number of aromatic nitrogens is 1. The summed E-state index contributed by atoms with van der Waals surface area (Å²) in [7, 11) is 1.66. The lowest BCUT2D eigenvalue weighted by Crippen LogP contribution is -2.42. The van der Waals surface area contributed by atoms with Crippen molar-refractivity contribution in [3.63, 3.8) is 0 Å². The smallest absolute Gasteiger partial charge is 0.214 e. The third kappa shape index (κ3) is 4.71. The van der Waals surface area contributed by atoms with Crippen LogP contribution in [-0.4, -0.2) is 55.9 Å². The minimum absolute atomic E-state index is 0.0794. The van der Waals surface area contributed by atoms with Crippen molar-refractivity contribution in [2.75, 3.05) is 40.0 Å². The predicted molar refractivity (Wildman–Crippen MR) is 99.4 cm³/mol. The van der Waals surface area contributed by atoms with Gasteiger partial charge in [0.15, 0.2) is 0 Å². The fourth-order valence-corrected chi connectivity index (χ4v) is 3.07. The van der Waals surface area contributed by atoms with Crippen LogP contribution in [0, 0.1) is 0 Å². The molecule has 0 radical (unpaired) electrons. The van der Waals surface area contributed by atoms with E-state index >= 15 is 0 Å². The van der Waals surface area contributed by atoms with Gasteiger partial charge in [-0.2, -0.15) is 0 Å². The highest BCUT2D eigenvalue weighted by Crippen LogP contribution is 2.26. The summed E-state index contributed by atoms with van der Waals surface area (Å²) in [6.45, 7) is 8.19. The summed E-state index contributed by atoms with van der Waals surface area (Å²) in [4.78, 5) is 7.06. The van der Waals surface area contributed by atoms with E-state index in [4.69, 9.17) is 14.2 Å². The summed E-state index contributed by atoms with van der Waals surface area (Å²) < 4.78 is 17.1. The topological polar surface area (TPSA) is 43.8 Å². The van der Waals surface area contributed by atoms with Gasteiger partial charge in [0.2, 0.25) is 5.88 Å². The summed E-state index contributed by atoms with van der Waals surface area (Å²) >= 11 is 0. The number of rotatable bonds is 8. The van der Waals surface area contributed by atoms with E-state index in [9.17, 15) is 0 Å². The molecule has 0 unspecified atom stereocenters. The molecule has 1 saturated heterocycles. The lowest BCUT2D eigenvalue weighted by atomic mass is 10.1. The zero-order valence-electron chi connectivity index (χ0n) is 14.8. The molecule has 1 aromatic carbocycles. The lowest BCUT2D eigenvalue weighted by molar-refractivity contribution is 0.0175. The van der Waals surface area contributed by atoms with E-state index in [1.165, 1.54) is 0 Å². The minimum atomic E-state index is 0.0794. The maximum Gasteiger partial charge on any atom is 0.214 e. The van der Waals surface area contributed by atoms with Crippen molar-refractivity contribution in [2.45, 2.75) is 18.9 Å². The summed E-state index contributed by atoms with van der Waals surface area (Å²) in [5.41, 5.74) is 0.830. The Morgan fingerprint density at radius 1 is 1.28 bits per heavy atom. The van der Waals surface area contributed by atoms with E-state index in [0.717, 1.165) is 62.3 Å². The number of benzene rings is 1.